The van der Waals surface area contributed by atoms with E-state index >= 15 is 0 Å². The lowest BCUT2D eigenvalue weighted by Gasteiger charge is -2.36. The molecule has 0 aliphatic carbocycles. The Balaban J connectivity index is 1.69. The van der Waals surface area contributed by atoms with Crippen molar-refractivity contribution in [2.24, 2.45) is 5.92 Å². The van der Waals surface area contributed by atoms with Crippen LogP contribution in [0.25, 0.3) is 0 Å². The van der Waals surface area contributed by atoms with Gasteiger partial charge >= 0.3 is 0 Å². The molecule has 0 radical (unpaired) electrons. The molecular formula is C17H21ClN2O3. The number of amides is 2. The maximum Gasteiger partial charge on any atom is 0.228 e. The zero-order valence-electron chi connectivity index (χ0n) is 13.4. The molecule has 2 fully saturated rings. The van der Waals surface area contributed by atoms with Crippen molar-refractivity contribution >= 4 is 29.1 Å². The van der Waals surface area contributed by atoms with Crippen LogP contribution in [0.3, 0.4) is 0 Å². The summed E-state index contributed by atoms with van der Waals surface area (Å²) in [6, 6.07) is 7.13. The van der Waals surface area contributed by atoms with Crippen molar-refractivity contribution in [1.29, 1.82) is 0 Å². The van der Waals surface area contributed by atoms with E-state index in [1.54, 1.807) is 17.0 Å². The zero-order valence-corrected chi connectivity index (χ0v) is 14.1. The largest absolute Gasteiger partial charge is 0.372 e. The molecule has 2 amide bonds. The number of carbonyl (C=O) groups excluding carboxylic acids is 2. The monoisotopic (exact) mass is 336 g/mol. The van der Waals surface area contributed by atoms with Crippen LogP contribution in [-0.2, 0) is 14.3 Å². The molecule has 2 heterocycles. The second-order valence-electron chi connectivity index (χ2n) is 6.38. The number of morpholine rings is 1. The third kappa shape index (κ3) is 3.51. The molecule has 5 nitrogen and oxygen atoms in total. The highest BCUT2D eigenvalue weighted by Crippen LogP contribution is 2.28. The molecule has 3 rings (SSSR count). The minimum atomic E-state index is -0.282. The summed E-state index contributed by atoms with van der Waals surface area (Å²) in [4.78, 5) is 28.5. The molecule has 0 bridgehead atoms. The lowest BCUT2D eigenvalue weighted by Crippen LogP contribution is -2.50. The summed E-state index contributed by atoms with van der Waals surface area (Å²) in [6.07, 6.45) is 0.334. The quantitative estimate of drug-likeness (QED) is 0.833. The van der Waals surface area contributed by atoms with E-state index < -0.39 is 0 Å². The second-order valence-corrected chi connectivity index (χ2v) is 6.82. The number of rotatable bonds is 2. The first-order valence-corrected chi connectivity index (χ1v) is 8.32. The van der Waals surface area contributed by atoms with E-state index in [2.05, 4.69) is 0 Å². The molecule has 124 valence electrons. The van der Waals surface area contributed by atoms with Gasteiger partial charge in [0, 0.05) is 36.8 Å². The van der Waals surface area contributed by atoms with Crippen molar-refractivity contribution in [3.05, 3.63) is 29.3 Å². The van der Waals surface area contributed by atoms with Gasteiger partial charge in [0.1, 0.15) is 0 Å². The highest BCUT2D eigenvalue weighted by Gasteiger charge is 2.38. The van der Waals surface area contributed by atoms with Crippen molar-refractivity contribution in [1.82, 2.24) is 4.90 Å². The first-order valence-electron chi connectivity index (χ1n) is 7.94. The number of hydrogen-bond donors (Lipinski definition) is 0. The van der Waals surface area contributed by atoms with Crippen LogP contribution in [0, 0.1) is 5.92 Å². The van der Waals surface area contributed by atoms with E-state index in [4.69, 9.17) is 16.3 Å². The van der Waals surface area contributed by atoms with E-state index in [1.165, 1.54) is 0 Å². The molecule has 2 aliphatic rings. The molecule has 2 aliphatic heterocycles. The standard InChI is InChI=1S/C17H21ClN2O3/c1-11-8-19(9-12(2)23-11)17(22)13-7-16(21)20(10-13)15-5-3-14(18)4-6-15/h3-6,11-13H,7-10H2,1-2H3/t11-,12-,13+/m1/s1. The van der Waals surface area contributed by atoms with Gasteiger partial charge in [0.25, 0.3) is 0 Å². The number of halogens is 1. The molecule has 1 aromatic carbocycles. The van der Waals surface area contributed by atoms with Gasteiger partial charge in [0.2, 0.25) is 11.8 Å². The first kappa shape index (κ1) is 16.3. The smallest absolute Gasteiger partial charge is 0.228 e. The molecule has 0 aromatic heterocycles. The molecule has 0 spiro atoms. The summed E-state index contributed by atoms with van der Waals surface area (Å²) in [7, 11) is 0. The highest BCUT2D eigenvalue weighted by molar-refractivity contribution is 6.30. The second kappa shape index (κ2) is 6.49. The number of nitrogens with zero attached hydrogens (tertiary/aromatic N) is 2. The highest BCUT2D eigenvalue weighted by atomic mass is 35.5. The van der Waals surface area contributed by atoms with Gasteiger partial charge in [-0.1, -0.05) is 11.6 Å². The Hall–Kier alpha value is -1.59. The van der Waals surface area contributed by atoms with Crippen LogP contribution in [0.15, 0.2) is 24.3 Å². The number of anilines is 1. The lowest BCUT2D eigenvalue weighted by atomic mass is 10.1. The third-order valence-corrected chi connectivity index (χ3v) is 4.60. The Morgan fingerprint density at radius 1 is 1.13 bits per heavy atom. The average molecular weight is 337 g/mol. The van der Waals surface area contributed by atoms with Crippen LogP contribution in [0.5, 0.6) is 0 Å². The molecule has 0 saturated carbocycles. The van der Waals surface area contributed by atoms with Gasteiger partial charge in [-0.2, -0.15) is 0 Å². The Bertz CT molecular complexity index is 594. The van der Waals surface area contributed by atoms with Gasteiger partial charge in [0.15, 0.2) is 0 Å². The Labute approximate surface area is 141 Å². The van der Waals surface area contributed by atoms with Crippen molar-refractivity contribution in [3.8, 4) is 0 Å². The first-order chi connectivity index (χ1) is 10.9. The van der Waals surface area contributed by atoms with Crippen molar-refractivity contribution in [2.45, 2.75) is 32.5 Å². The van der Waals surface area contributed by atoms with Crippen LogP contribution in [0.1, 0.15) is 20.3 Å². The summed E-state index contributed by atoms with van der Waals surface area (Å²) in [6.45, 7) is 5.55. The summed E-state index contributed by atoms with van der Waals surface area (Å²) in [5.41, 5.74) is 0.790. The summed E-state index contributed by atoms with van der Waals surface area (Å²) in [5, 5.41) is 0.629. The Morgan fingerprint density at radius 2 is 1.74 bits per heavy atom. The van der Waals surface area contributed by atoms with Crippen LogP contribution in [0.2, 0.25) is 5.02 Å². The predicted molar refractivity (Wildman–Crippen MR) is 88.5 cm³/mol. The summed E-state index contributed by atoms with van der Waals surface area (Å²) >= 11 is 5.89. The SMILES string of the molecule is C[C@@H]1CN(C(=O)[C@H]2CC(=O)N(c3ccc(Cl)cc3)C2)C[C@@H](C)O1. The number of benzene rings is 1. The Morgan fingerprint density at radius 3 is 2.35 bits per heavy atom. The van der Waals surface area contributed by atoms with Crippen LogP contribution in [0.4, 0.5) is 5.69 Å². The maximum atomic E-state index is 12.7. The number of ether oxygens (including phenoxy) is 1. The van der Waals surface area contributed by atoms with E-state index in [1.807, 2.05) is 30.9 Å². The fourth-order valence-corrected chi connectivity index (χ4v) is 3.49. The topological polar surface area (TPSA) is 49.9 Å². The van der Waals surface area contributed by atoms with Gasteiger partial charge in [-0.25, -0.2) is 0 Å². The van der Waals surface area contributed by atoms with E-state index in [-0.39, 0.29) is 36.4 Å². The normalized spacial score (nSPS) is 28.3. The van der Waals surface area contributed by atoms with Crippen LogP contribution in [-0.4, -0.2) is 48.6 Å². The maximum absolute atomic E-state index is 12.7. The summed E-state index contributed by atoms with van der Waals surface area (Å²) < 4.78 is 5.67. The molecule has 3 atom stereocenters. The third-order valence-electron chi connectivity index (χ3n) is 4.34. The van der Waals surface area contributed by atoms with E-state index in [9.17, 15) is 9.59 Å². The van der Waals surface area contributed by atoms with Crippen LogP contribution < -0.4 is 4.90 Å². The Kier molecular flexibility index (Phi) is 4.60. The van der Waals surface area contributed by atoms with Crippen LogP contribution >= 0.6 is 11.6 Å². The van der Waals surface area contributed by atoms with Gasteiger partial charge in [-0.3, -0.25) is 9.59 Å². The molecule has 2 saturated heterocycles. The van der Waals surface area contributed by atoms with Crippen molar-refractivity contribution < 1.29 is 14.3 Å². The fraction of sp³-hybridized carbons (Fsp3) is 0.529. The van der Waals surface area contributed by atoms with E-state index in [0.29, 0.717) is 24.7 Å². The van der Waals surface area contributed by atoms with Gasteiger partial charge in [-0.05, 0) is 38.1 Å². The zero-order chi connectivity index (χ0) is 16.6. The minimum Gasteiger partial charge on any atom is -0.372 e. The fourth-order valence-electron chi connectivity index (χ4n) is 3.36. The average Bonchev–Trinajstić information content (AvgIpc) is 2.88. The lowest BCUT2D eigenvalue weighted by molar-refractivity contribution is -0.147. The molecule has 0 unspecified atom stereocenters. The molecule has 23 heavy (non-hydrogen) atoms. The molecular weight excluding hydrogens is 316 g/mol. The molecule has 0 N–H and O–H groups in total. The van der Waals surface area contributed by atoms with Crippen molar-refractivity contribution in [3.63, 3.8) is 0 Å². The molecule has 6 heteroatoms. The van der Waals surface area contributed by atoms with Gasteiger partial charge < -0.3 is 14.5 Å². The van der Waals surface area contributed by atoms with Crippen molar-refractivity contribution in [2.75, 3.05) is 24.5 Å². The van der Waals surface area contributed by atoms with Gasteiger partial charge in [0.05, 0.1) is 18.1 Å². The number of carbonyl (C=O) groups is 2. The molecule has 1 aromatic rings. The minimum absolute atomic E-state index is 0.0139. The summed E-state index contributed by atoms with van der Waals surface area (Å²) in [5.74, 6) is -0.243. The van der Waals surface area contributed by atoms with E-state index in [0.717, 1.165) is 5.69 Å². The number of hydrogen-bond acceptors (Lipinski definition) is 3. The predicted octanol–water partition coefficient (Wildman–Crippen LogP) is 2.33. The van der Waals surface area contributed by atoms with Gasteiger partial charge in [-0.15, -0.1) is 0 Å².